The van der Waals surface area contributed by atoms with Gasteiger partial charge in [0.2, 0.25) is 5.75 Å². The monoisotopic (exact) mass is 513 g/mol. The first-order chi connectivity index (χ1) is 17.4. The molecule has 3 aromatic carbocycles. The van der Waals surface area contributed by atoms with Crippen LogP contribution in [0.2, 0.25) is 0 Å². The number of amides is 1. The van der Waals surface area contributed by atoms with E-state index in [0.29, 0.717) is 37.9 Å². The topological polar surface area (TPSA) is 91.4 Å². The second-order valence-electron chi connectivity index (χ2n) is 7.42. The Morgan fingerprint density at radius 2 is 1.25 bits per heavy atom. The van der Waals surface area contributed by atoms with Crippen LogP contribution in [0.4, 0.5) is 5.69 Å². The second-order valence-corrected chi connectivity index (χ2v) is 9.20. The van der Waals surface area contributed by atoms with Crippen molar-refractivity contribution in [3.05, 3.63) is 72.3 Å². The van der Waals surface area contributed by atoms with Gasteiger partial charge in [0.25, 0.3) is 15.9 Å². The van der Waals surface area contributed by atoms with E-state index in [1.807, 2.05) is 13.8 Å². The third kappa shape index (κ3) is 5.91. The predicted molar refractivity (Wildman–Crippen MR) is 138 cm³/mol. The van der Waals surface area contributed by atoms with Crippen molar-refractivity contribution in [1.29, 1.82) is 0 Å². The van der Waals surface area contributed by atoms with E-state index in [-0.39, 0.29) is 27.6 Å². The number of nitrogens with zero attached hydrogens (tertiary/aromatic N) is 1. The Labute approximate surface area is 212 Å². The summed E-state index contributed by atoms with van der Waals surface area (Å²) in [7, 11) is -4.27. The van der Waals surface area contributed by atoms with Gasteiger partial charge in [-0.2, -0.15) is 4.31 Å². The molecule has 9 heteroatoms. The Hall–Kier alpha value is -3.72. The summed E-state index contributed by atoms with van der Waals surface area (Å²) in [5, 5.41) is 0. The third-order valence-corrected chi connectivity index (χ3v) is 6.73. The molecule has 8 nitrogen and oxygen atoms in total. The Morgan fingerprint density at radius 1 is 0.722 bits per heavy atom. The number of hydrogen-bond acceptors (Lipinski definition) is 7. The molecule has 0 aliphatic heterocycles. The van der Waals surface area contributed by atoms with Gasteiger partial charge in [0.1, 0.15) is 5.75 Å². The fraction of sp³-hybridized carbons (Fsp3) is 0.296. The lowest BCUT2D eigenvalue weighted by Gasteiger charge is -2.24. The molecule has 0 spiro atoms. The first-order valence-corrected chi connectivity index (χ1v) is 13.2. The quantitative estimate of drug-likeness (QED) is 0.324. The maximum atomic E-state index is 13.9. The molecule has 0 N–H and O–H groups in total. The van der Waals surface area contributed by atoms with Gasteiger partial charge in [-0.1, -0.05) is 18.2 Å². The normalized spacial score (nSPS) is 11.0. The Morgan fingerprint density at radius 3 is 1.75 bits per heavy atom. The number of benzene rings is 3. The van der Waals surface area contributed by atoms with Crippen LogP contribution in [-0.2, 0) is 10.0 Å². The summed E-state index contributed by atoms with van der Waals surface area (Å²) in [5.74, 6) is 0.725. The van der Waals surface area contributed by atoms with E-state index in [2.05, 4.69) is 0 Å². The number of carbonyl (C=O) groups is 1. The van der Waals surface area contributed by atoms with Crippen molar-refractivity contribution in [2.75, 3.05) is 30.7 Å². The minimum atomic E-state index is -4.27. The molecule has 0 saturated heterocycles. The zero-order valence-electron chi connectivity index (χ0n) is 20.9. The Balaban J connectivity index is 2.19. The lowest BCUT2D eigenvalue weighted by Crippen LogP contribution is -2.37. The van der Waals surface area contributed by atoms with Gasteiger partial charge in [-0.05, 0) is 76.2 Å². The van der Waals surface area contributed by atoms with Crippen molar-refractivity contribution in [2.45, 2.75) is 32.6 Å². The summed E-state index contributed by atoms with van der Waals surface area (Å²) in [4.78, 5) is 13.9. The molecule has 0 saturated carbocycles. The second kappa shape index (κ2) is 12.3. The molecule has 0 radical (unpaired) electrons. The molecule has 192 valence electrons. The van der Waals surface area contributed by atoms with Crippen molar-refractivity contribution in [2.24, 2.45) is 0 Å². The lowest BCUT2D eigenvalue weighted by atomic mass is 10.1. The molecule has 0 unspecified atom stereocenters. The molecule has 0 fully saturated rings. The highest BCUT2D eigenvalue weighted by molar-refractivity contribution is 7.93. The molecule has 0 atom stereocenters. The summed E-state index contributed by atoms with van der Waals surface area (Å²) in [5.41, 5.74) is 0.232. The van der Waals surface area contributed by atoms with Crippen LogP contribution in [0.15, 0.2) is 71.6 Å². The van der Waals surface area contributed by atoms with E-state index in [9.17, 15) is 13.2 Å². The van der Waals surface area contributed by atoms with Gasteiger partial charge in [0, 0.05) is 5.56 Å². The zero-order valence-corrected chi connectivity index (χ0v) is 21.7. The zero-order chi connectivity index (χ0) is 26.1. The SMILES string of the molecule is CCOc1ccc(N(C(=O)c2cc(OCC)c(OCC)c(OCC)c2)S(=O)(=O)c2ccccc2)cc1. The number of carbonyl (C=O) groups excluding carboxylic acids is 1. The van der Waals surface area contributed by atoms with E-state index >= 15 is 0 Å². The molecular weight excluding hydrogens is 482 g/mol. The minimum absolute atomic E-state index is 0.0202. The molecule has 0 aliphatic carbocycles. The molecule has 0 bridgehead atoms. The molecule has 0 aliphatic rings. The number of hydrogen-bond donors (Lipinski definition) is 0. The molecule has 1 amide bonds. The van der Waals surface area contributed by atoms with Gasteiger partial charge >= 0.3 is 0 Å². The fourth-order valence-corrected chi connectivity index (χ4v) is 4.97. The van der Waals surface area contributed by atoms with Crippen LogP contribution >= 0.6 is 0 Å². The maximum absolute atomic E-state index is 13.9. The summed E-state index contributed by atoms with van der Waals surface area (Å²) in [6.45, 7) is 8.72. The van der Waals surface area contributed by atoms with Crippen LogP contribution in [0.3, 0.4) is 0 Å². The minimum Gasteiger partial charge on any atom is -0.494 e. The standard InChI is InChI=1S/C27H31NO7S/c1-5-32-22-16-14-21(15-17-22)28(36(30,31)23-12-10-9-11-13-23)27(29)20-18-24(33-6-2)26(35-8-4)25(19-20)34-7-3/h9-19H,5-8H2,1-4H3. The van der Waals surface area contributed by atoms with Crippen molar-refractivity contribution in [1.82, 2.24) is 0 Å². The van der Waals surface area contributed by atoms with Gasteiger partial charge in [0.15, 0.2) is 11.5 Å². The third-order valence-electron chi connectivity index (χ3n) is 5.00. The molecule has 3 rings (SSSR count). The fourth-order valence-electron chi connectivity index (χ4n) is 3.54. The number of anilines is 1. The smallest absolute Gasteiger partial charge is 0.272 e. The first kappa shape index (κ1) is 26.9. The number of ether oxygens (including phenoxy) is 4. The van der Waals surface area contributed by atoms with Crippen LogP contribution in [0.25, 0.3) is 0 Å². The highest BCUT2D eigenvalue weighted by Crippen LogP contribution is 2.40. The van der Waals surface area contributed by atoms with E-state index < -0.39 is 15.9 Å². The Kier molecular flexibility index (Phi) is 9.19. The van der Waals surface area contributed by atoms with E-state index in [1.165, 1.54) is 36.4 Å². The molecule has 0 heterocycles. The largest absolute Gasteiger partial charge is 0.494 e. The van der Waals surface area contributed by atoms with Crippen molar-refractivity contribution in [3.63, 3.8) is 0 Å². The van der Waals surface area contributed by atoms with Gasteiger partial charge < -0.3 is 18.9 Å². The van der Waals surface area contributed by atoms with Crippen molar-refractivity contribution >= 4 is 21.6 Å². The van der Waals surface area contributed by atoms with Crippen LogP contribution < -0.4 is 23.3 Å². The lowest BCUT2D eigenvalue weighted by molar-refractivity contribution is 0.100. The van der Waals surface area contributed by atoms with Crippen molar-refractivity contribution in [3.8, 4) is 23.0 Å². The van der Waals surface area contributed by atoms with Gasteiger partial charge in [-0.25, -0.2) is 8.42 Å². The highest BCUT2D eigenvalue weighted by Gasteiger charge is 2.33. The average molecular weight is 514 g/mol. The highest BCUT2D eigenvalue weighted by atomic mass is 32.2. The van der Waals surface area contributed by atoms with E-state index in [4.69, 9.17) is 18.9 Å². The molecule has 3 aromatic rings. The summed E-state index contributed by atoms with van der Waals surface area (Å²) in [6.07, 6.45) is 0. The number of sulfonamides is 1. The van der Waals surface area contributed by atoms with Gasteiger partial charge in [0.05, 0.1) is 37.0 Å². The Bertz CT molecular complexity index is 1230. The first-order valence-electron chi connectivity index (χ1n) is 11.8. The summed E-state index contributed by atoms with van der Waals surface area (Å²) >= 11 is 0. The van der Waals surface area contributed by atoms with E-state index in [1.54, 1.807) is 44.2 Å². The van der Waals surface area contributed by atoms with Crippen molar-refractivity contribution < 1.29 is 32.2 Å². The molecule has 36 heavy (non-hydrogen) atoms. The van der Waals surface area contributed by atoms with E-state index in [0.717, 1.165) is 4.31 Å². The van der Waals surface area contributed by atoms with Crippen LogP contribution in [0.1, 0.15) is 38.1 Å². The number of rotatable bonds is 12. The average Bonchev–Trinajstić information content (AvgIpc) is 2.88. The maximum Gasteiger partial charge on any atom is 0.272 e. The predicted octanol–water partition coefficient (Wildman–Crippen LogP) is 5.32. The summed E-state index contributed by atoms with van der Waals surface area (Å²) < 4.78 is 50.9. The van der Waals surface area contributed by atoms with Crippen LogP contribution in [0, 0.1) is 0 Å². The van der Waals surface area contributed by atoms with Gasteiger partial charge in [-0.3, -0.25) is 4.79 Å². The molecule has 0 aromatic heterocycles. The molecular formula is C27H31NO7S. The van der Waals surface area contributed by atoms with Crippen LogP contribution in [0.5, 0.6) is 23.0 Å². The van der Waals surface area contributed by atoms with Crippen LogP contribution in [-0.4, -0.2) is 40.8 Å². The van der Waals surface area contributed by atoms with Gasteiger partial charge in [-0.15, -0.1) is 0 Å². The summed E-state index contributed by atoms with van der Waals surface area (Å²) in [6, 6.07) is 17.1.